The molecule has 3 aromatic carbocycles. The lowest BCUT2D eigenvalue weighted by molar-refractivity contribution is -0.271. The number of halogens is 1. The van der Waals surface area contributed by atoms with Crippen LogP contribution < -0.4 is 31.3 Å². The SMILES string of the molecule is C#CCN(CN1C(=O)CCC(N2Cc3cc(CNC(=O)Nc4ccc(CCOCCNC)c(Cl)c4)ccc3C2=O)C1=O)C(=O)OCc1ccc(O[C@@H]2O[C@H](C(=O)O)[C@@H](O)[C@H](O)[C@H]2O)c(NC(=O)CCNC(=O)CCN2C(=O)C=CC2=O)c1. The number of carbonyl (C=O) groups is 10. The van der Waals surface area contributed by atoms with Gasteiger partial charge in [-0.25, -0.2) is 14.4 Å². The summed E-state index contributed by atoms with van der Waals surface area (Å²) in [5.74, 6) is -4.04. The zero-order chi connectivity index (χ0) is 59.2. The van der Waals surface area contributed by atoms with Crippen molar-refractivity contribution in [3.63, 3.8) is 0 Å². The standard InChI is InChI=1S/C54H60ClN9O18/c1-3-19-61(29-64-44(69)11-9-38(50(64)74)63-27-33-23-30(4-8-35(33)49(63)73)26-58-53(77)59-34-7-6-32(36(55)25-34)16-21-79-22-18-56-2)54(78)80-28-31-5-10-39(81-52-47(72)45(70)46(71)48(82-52)51(75)76)37(24-31)60-41(66)14-17-57-40(65)15-20-62-42(67)12-13-43(62)68/h1,4-8,10,12-13,23-25,38,45-48,52,56,70-72H,9,11,14-22,26-29H2,2H3,(H,57,65)(H,60,66)(H,75,76)(H2,58,59,77)/t38?,45-,46-,47+,48-,52+/m0/s1. The van der Waals surface area contributed by atoms with E-state index in [-0.39, 0.29) is 68.9 Å². The number of terminal acetylenes is 1. The maximum atomic E-state index is 14.1. The van der Waals surface area contributed by atoms with Crippen LogP contribution in [0.15, 0.2) is 66.7 Å². The number of likely N-dealkylation sites (N-methyl/N-ethyl adjacent to an activating group) is 1. The number of aliphatic hydroxyl groups excluding tert-OH is 3. The number of piperidine rings is 1. The van der Waals surface area contributed by atoms with Crippen molar-refractivity contribution in [1.29, 1.82) is 0 Å². The fourth-order valence-corrected chi connectivity index (χ4v) is 9.25. The van der Waals surface area contributed by atoms with Crippen LogP contribution in [0.25, 0.3) is 0 Å². The van der Waals surface area contributed by atoms with E-state index in [1.165, 1.54) is 23.1 Å². The van der Waals surface area contributed by atoms with Gasteiger partial charge in [-0.05, 0) is 72.5 Å². The van der Waals surface area contributed by atoms with Crippen LogP contribution >= 0.6 is 11.6 Å². The molecular weight excluding hydrogens is 1100 g/mol. The van der Waals surface area contributed by atoms with Crippen LogP contribution in [0.5, 0.6) is 5.75 Å². The Morgan fingerprint density at radius 2 is 1.61 bits per heavy atom. The number of rotatable bonds is 25. The number of nitrogens with one attached hydrogen (secondary N) is 5. The molecule has 0 spiro atoms. The van der Waals surface area contributed by atoms with Crippen LogP contribution in [0, 0.1) is 12.3 Å². The molecule has 0 aliphatic carbocycles. The van der Waals surface area contributed by atoms with Crippen molar-refractivity contribution in [2.45, 2.75) is 88.5 Å². The number of aliphatic carboxylic acids is 1. The van der Waals surface area contributed by atoms with Gasteiger partial charge in [-0.2, -0.15) is 0 Å². The minimum Gasteiger partial charge on any atom is -0.479 e. The number of carboxylic acids is 1. The Bertz CT molecular complexity index is 3030. The normalized spacial score (nSPS) is 20.3. The molecule has 436 valence electrons. The summed E-state index contributed by atoms with van der Waals surface area (Å²) >= 11 is 6.46. The van der Waals surface area contributed by atoms with E-state index in [9.17, 15) is 68.4 Å². The molecule has 4 aliphatic heterocycles. The highest BCUT2D eigenvalue weighted by Gasteiger charge is 2.48. The predicted molar refractivity (Wildman–Crippen MR) is 286 cm³/mol. The van der Waals surface area contributed by atoms with E-state index >= 15 is 0 Å². The number of amides is 10. The second-order valence-electron chi connectivity index (χ2n) is 19.1. The highest BCUT2D eigenvalue weighted by Crippen LogP contribution is 2.33. The van der Waals surface area contributed by atoms with Gasteiger partial charge in [0.25, 0.3) is 23.6 Å². The molecule has 0 radical (unpaired) electrons. The number of hydrogen-bond acceptors (Lipinski definition) is 18. The zero-order valence-corrected chi connectivity index (χ0v) is 44.9. The third-order valence-corrected chi connectivity index (χ3v) is 13.7. The van der Waals surface area contributed by atoms with E-state index in [0.29, 0.717) is 47.0 Å². The van der Waals surface area contributed by atoms with Crippen molar-refractivity contribution in [3.05, 3.63) is 99.6 Å². The summed E-state index contributed by atoms with van der Waals surface area (Å²) in [5.41, 5.74) is 2.88. The molecule has 4 heterocycles. The van der Waals surface area contributed by atoms with Gasteiger partial charge in [0.05, 0.1) is 25.4 Å². The Kier molecular flexibility index (Phi) is 21.1. The van der Waals surface area contributed by atoms with Gasteiger partial charge in [-0.1, -0.05) is 41.8 Å². The van der Waals surface area contributed by atoms with Crippen LogP contribution in [-0.4, -0.2) is 189 Å². The number of anilines is 2. The molecule has 2 fully saturated rings. The summed E-state index contributed by atoms with van der Waals surface area (Å²) in [6.07, 6.45) is -3.60. The smallest absolute Gasteiger partial charge is 0.412 e. The van der Waals surface area contributed by atoms with Crippen molar-refractivity contribution in [3.8, 4) is 18.1 Å². The van der Waals surface area contributed by atoms with Gasteiger partial charge in [0.15, 0.2) is 6.10 Å². The number of nitrogens with zero attached hydrogens (tertiary/aromatic N) is 4. The highest BCUT2D eigenvalue weighted by atomic mass is 35.5. The van der Waals surface area contributed by atoms with Crippen LogP contribution in [0.4, 0.5) is 21.0 Å². The number of ether oxygens (including phenoxy) is 4. The fraction of sp³-hybridized carbons (Fsp3) is 0.407. The maximum Gasteiger partial charge on any atom is 0.412 e. The van der Waals surface area contributed by atoms with Crippen LogP contribution in [-0.2, 0) is 73.9 Å². The Morgan fingerprint density at radius 3 is 2.33 bits per heavy atom. The summed E-state index contributed by atoms with van der Waals surface area (Å²) in [6.45, 7) is -0.220. The number of urea groups is 1. The minimum absolute atomic E-state index is 0.00445. The first-order valence-electron chi connectivity index (χ1n) is 25.8. The Morgan fingerprint density at radius 1 is 0.854 bits per heavy atom. The Labute approximate surface area is 473 Å². The van der Waals surface area contributed by atoms with E-state index < -0.39 is 116 Å². The van der Waals surface area contributed by atoms with E-state index in [0.717, 1.165) is 39.0 Å². The van der Waals surface area contributed by atoms with Crippen molar-refractivity contribution >= 4 is 82.4 Å². The molecule has 2 saturated heterocycles. The lowest BCUT2D eigenvalue weighted by atomic mass is 9.99. The molecule has 4 aliphatic rings. The zero-order valence-electron chi connectivity index (χ0n) is 44.2. The molecule has 82 heavy (non-hydrogen) atoms. The molecule has 28 heteroatoms. The molecule has 7 rings (SSSR count). The molecule has 3 aromatic rings. The second kappa shape index (κ2) is 28.3. The van der Waals surface area contributed by atoms with Gasteiger partial charge in [0.1, 0.15) is 43.4 Å². The molecular formula is C54H60ClN9O18. The van der Waals surface area contributed by atoms with Crippen LogP contribution in [0.2, 0.25) is 5.02 Å². The monoisotopic (exact) mass is 1160 g/mol. The molecule has 0 bridgehead atoms. The summed E-state index contributed by atoms with van der Waals surface area (Å²) in [5, 5.41) is 54.8. The van der Waals surface area contributed by atoms with Gasteiger partial charge in [0.2, 0.25) is 24.0 Å². The van der Waals surface area contributed by atoms with E-state index in [2.05, 4.69) is 32.5 Å². The van der Waals surface area contributed by atoms with Crippen LogP contribution in [0.1, 0.15) is 58.3 Å². The molecule has 0 saturated carbocycles. The van der Waals surface area contributed by atoms with Crippen molar-refractivity contribution < 1.29 is 87.3 Å². The Balaban J connectivity index is 0.950. The first-order chi connectivity index (χ1) is 39.3. The van der Waals surface area contributed by atoms with Gasteiger partial charge >= 0.3 is 18.1 Å². The number of likely N-dealkylation sites (tertiary alicyclic amines) is 1. The molecule has 0 aromatic heterocycles. The fourth-order valence-electron chi connectivity index (χ4n) is 8.97. The number of benzene rings is 3. The lowest BCUT2D eigenvalue weighted by Gasteiger charge is -2.38. The highest BCUT2D eigenvalue weighted by molar-refractivity contribution is 6.31. The Hall–Kier alpha value is -8.49. The molecule has 6 atom stereocenters. The molecule has 9 N–H and O–H groups in total. The average molecular weight is 1160 g/mol. The first kappa shape index (κ1) is 61.1. The molecule has 10 amide bonds. The quantitative estimate of drug-likeness (QED) is 0.0310. The number of carbonyl (C=O) groups excluding carboxylic acids is 9. The van der Waals surface area contributed by atoms with Gasteiger partial charge in [-0.3, -0.25) is 48.3 Å². The average Bonchev–Trinajstić information content (AvgIpc) is 4.11. The largest absolute Gasteiger partial charge is 0.479 e. The molecule has 27 nitrogen and oxygen atoms in total. The third kappa shape index (κ3) is 15.5. The number of aliphatic hydroxyl groups is 3. The summed E-state index contributed by atoms with van der Waals surface area (Å²) < 4.78 is 22.1. The number of fused-ring (bicyclic) bond motifs is 1. The number of hydrogen-bond donors (Lipinski definition) is 9. The summed E-state index contributed by atoms with van der Waals surface area (Å²) in [4.78, 5) is 133. The third-order valence-electron chi connectivity index (χ3n) is 13.4. The van der Waals surface area contributed by atoms with Crippen molar-refractivity contribution in [2.75, 3.05) is 63.7 Å². The van der Waals surface area contributed by atoms with Crippen molar-refractivity contribution in [1.82, 2.24) is 35.6 Å². The van der Waals surface area contributed by atoms with Gasteiger partial charge < -0.3 is 70.9 Å². The molecule has 1 unspecified atom stereocenters. The predicted octanol–water partition coefficient (Wildman–Crippen LogP) is 0.174. The van der Waals surface area contributed by atoms with Gasteiger partial charge in [-0.15, -0.1) is 6.42 Å². The van der Waals surface area contributed by atoms with Crippen LogP contribution in [0.3, 0.4) is 0 Å². The topological polar surface area (TPSA) is 362 Å². The van der Waals surface area contributed by atoms with E-state index in [1.807, 2.05) is 13.1 Å². The number of carboxylic acid groups (broad SMARTS) is 1. The minimum atomic E-state index is -2.05. The van der Waals surface area contributed by atoms with Gasteiger partial charge in [0, 0.05) is 80.4 Å². The summed E-state index contributed by atoms with van der Waals surface area (Å²) in [7, 11) is 1.84. The second-order valence-corrected chi connectivity index (χ2v) is 19.5. The van der Waals surface area contributed by atoms with E-state index in [1.54, 1.807) is 30.3 Å². The summed E-state index contributed by atoms with van der Waals surface area (Å²) in [6, 6.07) is 12.3. The lowest BCUT2D eigenvalue weighted by Crippen LogP contribution is -2.61. The maximum absolute atomic E-state index is 14.1. The van der Waals surface area contributed by atoms with Crippen molar-refractivity contribution in [2.24, 2.45) is 0 Å². The van der Waals surface area contributed by atoms with E-state index in [4.69, 9.17) is 37.0 Å². The number of imide groups is 2. The first-order valence-corrected chi connectivity index (χ1v) is 26.1.